The van der Waals surface area contributed by atoms with Crippen LogP contribution >= 0.6 is 0 Å². The Bertz CT molecular complexity index is 1540. The molecule has 0 unspecified atom stereocenters. The highest BCUT2D eigenvalue weighted by Gasteiger charge is 2.12. The quantitative estimate of drug-likeness (QED) is 0.287. The molecule has 0 aliphatic rings. The van der Waals surface area contributed by atoms with Crippen molar-refractivity contribution in [1.29, 1.82) is 0 Å². The number of benzene rings is 4. The smallest absolute Gasteiger partial charge is 0.341 e. The fourth-order valence-electron chi connectivity index (χ4n) is 3.75. The molecule has 5 rings (SSSR count). The Kier molecular flexibility index (Phi) is 6.53. The predicted octanol–water partition coefficient (Wildman–Crippen LogP) is 6.15. The van der Waals surface area contributed by atoms with E-state index in [1.807, 2.05) is 66.7 Å². The van der Waals surface area contributed by atoms with Crippen LogP contribution in [0.15, 0.2) is 97.1 Å². The zero-order valence-corrected chi connectivity index (χ0v) is 19.1. The molecule has 7 heteroatoms. The monoisotopic (exact) mass is 480 g/mol. The third kappa shape index (κ3) is 5.31. The lowest BCUT2D eigenvalue weighted by Gasteiger charge is -2.11. The normalized spacial score (nSPS) is 10.8. The summed E-state index contributed by atoms with van der Waals surface area (Å²) in [6.07, 6.45) is 0. The van der Waals surface area contributed by atoms with Crippen molar-refractivity contribution >= 4 is 16.7 Å². The molecule has 0 atom stereocenters. The van der Waals surface area contributed by atoms with E-state index < -0.39 is 12.6 Å². The minimum absolute atomic E-state index is 0.134. The van der Waals surface area contributed by atoms with Gasteiger partial charge in [0.25, 0.3) is 0 Å². The molecule has 4 aromatic carbocycles. The molecule has 0 aliphatic heterocycles. The topological polar surface area (TPSA) is 81.5 Å². The Morgan fingerprint density at radius 2 is 1.53 bits per heavy atom. The lowest BCUT2D eigenvalue weighted by Crippen LogP contribution is -2.11. The summed E-state index contributed by atoms with van der Waals surface area (Å²) < 4.78 is 25.0. The lowest BCUT2D eigenvalue weighted by molar-refractivity contribution is -0.139. The van der Waals surface area contributed by atoms with Crippen LogP contribution in [-0.2, 0) is 11.4 Å². The van der Waals surface area contributed by atoms with E-state index in [0.717, 1.165) is 21.9 Å². The van der Waals surface area contributed by atoms with E-state index >= 15 is 0 Å². The van der Waals surface area contributed by atoms with E-state index in [1.165, 1.54) is 6.07 Å². The lowest BCUT2D eigenvalue weighted by atomic mass is 10.1. The van der Waals surface area contributed by atoms with Crippen molar-refractivity contribution in [1.82, 2.24) is 9.97 Å². The number of nitrogens with zero attached hydrogens (tertiary/aromatic N) is 2. The number of aromatic nitrogens is 2. The number of hydrogen-bond acceptors (Lipinski definition) is 5. The van der Waals surface area contributed by atoms with Crippen molar-refractivity contribution in [3.63, 3.8) is 0 Å². The van der Waals surface area contributed by atoms with Gasteiger partial charge in [-0.15, -0.1) is 0 Å². The number of rotatable bonds is 8. The van der Waals surface area contributed by atoms with Crippen LogP contribution in [0.1, 0.15) is 5.56 Å². The maximum absolute atomic E-state index is 13.9. The molecule has 178 valence electrons. The molecule has 1 aromatic heterocycles. The Morgan fingerprint density at radius 1 is 0.778 bits per heavy atom. The molecule has 0 fully saturated rings. The van der Waals surface area contributed by atoms with E-state index in [4.69, 9.17) is 19.6 Å². The molecule has 0 amide bonds. The first kappa shape index (κ1) is 23.0. The van der Waals surface area contributed by atoms with Crippen LogP contribution in [0.2, 0.25) is 0 Å². The fourth-order valence-corrected chi connectivity index (χ4v) is 3.75. The molecule has 36 heavy (non-hydrogen) atoms. The fraction of sp³-hybridized carbons (Fsp3) is 0.0690. The second kappa shape index (κ2) is 10.2. The van der Waals surface area contributed by atoms with Gasteiger partial charge in [-0.3, -0.25) is 0 Å². The van der Waals surface area contributed by atoms with Crippen LogP contribution in [0.25, 0.3) is 33.4 Å². The Labute approximate surface area is 206 Å². The number of ether oxygens (including phenoxy) is 2. The van der Waals surface area contributed by atoms with E-state index in [2.05, 4.69) is 4.98 Å². The molecule has 6 nitrogen and oxygen atoms in total. The summed E-state index contributed by atoms with van der Waals surface area (Å²) in [6, 6.07) is 29.1. The SMILES string of the molecule is O=C(O)COc1cc(-c2ccccc2)nc(-c2ccc3cc(OCc4ccccc4F)ccc3c2)n1. The Hall–Kier alpha value is -4.78. The van der Waals surface area contributed by atoms with Crippen LogP contribution in [0.5, 0.6) is 11.6 Å². The third-order valence-corrected chi connectivity index (χ3v) is 5.54. The second-order valence-electron chi connectivity index (χ2n) is 8.07. The first-order chi connectivity index (χ1) is 17.5. The van der Waals surface area contributed by atoms with Gasteiger partial charge < -0.3 is 14.6 Å². The zero-order chi connectivity index (χ0) is 24.9. The van der Waals surface area contributed by atoms with Gasteiger partial charge in [0, 0.05) is 22.8 Å². The number of carboxylic acids is 1. The molecule has 1 heterocycles. The van der Waals surface area contributed by atoms with Crippen LogP contribution < -0.4 is 9.47 Å². The molecular weight excluding hydrogens is 459 g/mol. The van der Waals surface area contributed by atoms with E-state index in [1.54, 1.807) is 24.3 Å². The summed E-state index contributed by atoms with van der Waals surface area (Å²) in [5.41, 5.74) is 2.72. The molecular formula is C29H21FN2O4. The summed E-state index contributed by atoms with van der Waals surface area (Å²) >= 11 is 0. The number of fused-ring (bicyclic) bond motifs is 1. The highest BCUT2D eigenvalue weighted by Crippen LogP contribution is 2.29. The number of hydrogen-bond donors (Lipinski definition) is 1. The molecule has 0 spiro atoms. The second-order valence-corrected chi connectivity index (χ2v) is 8.07. The summed E-state index contributed by atoms with van der Waals surface area (Å²) in [7, 11) is 0. The van der Waals surface area contributed by atoms with Gasteiger partial charge in [0.1, 0.15) is 18.2 Å². The van der Waals surface area contributed by atoms with Crippen molar-refractivity contribution in [2.75, 3.05) is 6.61 Å². The minimum atomic E-state index is -1.09. The summed E-state index contributed by atoms with van der Waals surface area (Å²) in [4.78, 5) is 20.1. The zero-order valence-electron chi connectivity index (χ0n) is 19.1. The van der Waals surface area contributed by atoms with Crippen molar-refractivity contribution in [2.45, 2.75) is 6.61 Å². The number of halogens is 1. The minimum Gasteiger partial charge on any atom is -0.489 e. The summed E-state index contributed by atoms with van der Waals surface area (Å²) in [5.74, 6) is -0.163. The number of carbonyl (C=O) groups is 1. The Balaban J connectivity index is 1.44. The van der Waals surface area contributed by atoms with Gasteiger partial charge >= 0.3 is 5.97 Å². The number of aliphatic carboxylic acids is 1. The largest absolute Gasteiger partial charge is 0.489 e. The van der Waals surface area contributed by atoms with Gasteiger partial charge in [0.15, 0.2) is 12.4 Å². The molecule has 5 aromatic rings. The van der Waals surface area contributed by atoms with E-state index in [9.17, 15) is 9.18 Å². The molecule has 0 radical (unpaired) electrons. The van der Waals surface area contributed by atoms with Gasteiger partial charge in [0.2, 0.25) is 5.88 Å². The van der Waals surface area contributed by atoms with Crippen molar-refractivity contribution < 1.29 is 23.8 Å². The molecule has 0 aliphatic carbocycles. The summed E-state index contributed by atoms with van der Waals surface area (Å²) in [6.45, 7) is -0.367. The number of carboxylic acid groups (broad SMARTS) is 1. The highest BCUT2D eigenvalue weighted by molar-refractivity contribution is 5.87. The van der Waals surface area contributed by atoms with Crippen LogP contribution in [-0.4, -0.2) is 27.7 Å². The van der Waals surface area contributed by atoms with E-state index in [-0.39, 0.29) is 18.3 Å². The molecule has 0 saturated heterocycles. The van der Waals surface area contributed by atoms with Crippen LogP contribution in [0, 0.1) is 5.82 Å². The van der Waals surface area contributed by atoms with Gasteiger partial charge in [-0.1, -0.05) is 66.7 Å². The average molecular weight is 480 g/mol. The van der Waals surface area contributed by atoms with Gasteiger partial charge in [-0.25, -0.2) is 14.2 Å². The average Bonchev–Trinajstić information content (AvgIpc) is 2.91. The maximum atomic E-state index is 13.9. The maximum Gasteiger partial charge on any atom is 0.341 e. The highest BCUT2D eigenvalue weighted by atomic mass is 19.1. The van der Waals surface area contributed by atoms with Gasteiger partial charge in [-0.2, -0.15) is 4.98 Å². The molecule has 1 N–H and O–H groups in total. The first-order valence-corrected chi connectivity index (χ1v) is 11.2. The Morgan fingerprint density at radius 3 is 2.33 bits per heavy atom. The van der Waals surface area contributed by atoms with Gasteiger partial charge in [-0.05, 0) is 35.0 Å². The first-order valence-electron chi connectivity index (χ1n) is 11.2. The van der Waals surface area contributed by atoms with Crippen LogP contribution in [0.3, 0.4) is 0 Å². The van der Waals surface area contributed by atoms with Crippen LogP contribution in [0.4, 0.5) is 4.39 Å². The van der Waals surface area contributed by atoms with Gasteiger partial charge in [0.05, 0.1) is 5.69 Å². The van der Waals surface area contributed by atoms with Crippen molar-refractivity contribution in [2.24, 2.45) is 0 Å². The molecule has 0 bridgehead atoms. The van der Waals surface area contributed by atoms with Crippen molar-refractivity contribution in [3.8, 4) is 34.3 Å². The standard InChI is InChI=1S/C29H21FN2O4/c30-25-9-5-4-8-23(25)17-35-24-13-12-20-14-22(11-10-21(20)15-24)29-31-26(19-6-2-1-3-7-19)16-27(32-29)36-18-28(33)34/h1-16H,17-18H2,(H,33,34). The third-order valence-electron chi connectivity index (χ3n) is 5.54. The molecule has 0 saturated carbocycles. The van der Waals surface area contributed by atoms with E-state index in [0.29, 0.717) is 22.8 Å². The van der Waals surface area contributed by atoms with Crippen molar-refractivity contribution in [3.05, 3.63) is 108 Å². The summed E-state index contributed by atoms with van der Waals surface area (Å²) in [5, 5.41) is 10.9. The predicted molar refractivity (Wildman–Crippen MR) is 134 cm³/mol.